The van der Waals surface area contributed by atoms with E-state index in [0.29, 0.717) is 42.7 Å². The van der Waals surface area contributed by atoms with Crippen LogP contribution in [0.4, 0.5) is 0 Å². The van der Waals surface area contributed by atoms with Gasteiger partial charge in [-0.1, -0.05) is 37.6 Å². The molecule has 5 heteroatoms. The molecule has 2 aliphatic rings. The molecule has 2 heterocycles. The Bertz CT molecular complexity index is 833. The molecule has 0 N–H and O–H groups in total. The number of benzene rings is 1. The normalized spacial score (nSPS) is 22.6. The fourth-order valence-corrected chi connectivity index (χ4v) is 4.78. The highest BCUT2D eigenvalue weighted by atomic mass is 16.5. The first-order valence-electron chi connectivity index (χ1n) is 11.2. The number of rotatable bonds is 7. The van der Waals surface area contributed by atoms with Crippen molar-refractivity contribution in [2.75, 3.05) is 26.2 Å². The van der Waals surface area contributed by atoms with Crippen molar-refractivity contribution < 1.29 is 14.3 Å². The lowest BCUT2D eigenvalue weighted by Gasteiger charge is -2.37. The maximum absolute atomic E-state index is 13.5. The van der Waals surface area contributed by atoms with Gasteiger partial charge in [-0.2, -0.15) is 0 Å². The maximum atomic E-state index is 13.5. The molecule has 164 valence electrons. The van der Waals surface area contributed by atoms with Crippen molar-refractivity contribution in [3.8, 4) is 0 Å². The van der Waals surface area contributed by atoms with Crippen LogP contribution in [-0.4, -0.2) is 54.0 Å². The molecule has 5 nitrogen and oxygen atoms in total. The number of carbonyl (C=O) groups excluding carboxylic acids is 2. The second kappa shape index (κ2) is 9.34. The number of likely N-dealkylation sites (tertiary alicyclic amines) is 1. The maximum Gasteiger partial charge on any atom is 0.277 e. The molecule has 2 atom stereocenters. The predicted molar refractivity (Wildman–Crippen MR) is 120 cm³/mol. The molecule has 30 heavy (non-hydrogen) atoms. The van der Waals surface area contributed by atoms with Gasteiger partial charge in [0.15, 0.2) is 0 Å². The van der Waals surface area contributed by atoms with Crippen LogP contribution >= 0.6 is 0 Å². The number of carbonyl (C=O) groups is 2. The van der Waals surface area contributed by atoms with Gasteiger partial charge in [0.1, 0.15) is 5.70 Å². The molecule has 0 spiro atoms. The van der Waals surface area contributed by atoms with Gasteiger partial charge in [-0.15, -0.1) is 0 Å². The van der Waals surface area contributed by atoms with E-state index in [-0.39, 0.29) is 17.9 Å². The summed E-state index contributed by atoms with van der Waals surface area (Å²) in [6, 6.07) is 6.09. The molecule has 1 aromatic carbocycles. The summed E-state index contributed by atoms with van der Waals surface area (Å²) in [5.74, 6) is 0.675. The fraction of sp³-hybridized carbons (Fsp3) is 0.600. The fourth-order valence-electron chi connectivity index (χ4n) is 4.78. The van der Waals surface area contributed by atoms with E-state index in [9.17, 15) is 9.59 Å². The summed E-state index contributed by atoms with van der Waals surface area (Å²) in [5, 5.41) is 0. The van der Waals surface area contributed by atoms with Gasteiger partial charge in [0, 0.05) is 26.2 Å². The standard InChI is InChI=1S/C25H36N2O3/c1-16(2)30-11-7-10-27-24(28)22(21-9-8-17(3)13-20(21)6)23(25(27)29)26-14-18(4)12-19(5)15-26/h8-9,13,16,18-19H,7,10-12,14-15H2,1-6H3. The van der Waals surface area contributed by atoms with E-state index in [0.717, 1.165) is 36.2 Å². The Morgan fingerprint density at radius 2 is 1.73 bits per heavy atom. The first-order chi connectivity index (χ1) is 14.2. The molecule has 0 aromatic heterocycles. The Kier molecular flexibility index (Phi) is 7.02. The summed E-state index contributed by atoms with van der Waals surface area (Å²) in [6.45, 7) is 15.1. The van der Waals surface area contributed by atoms with Crippen LogP contribution in [0.1, 0.15) is 57.2 Å². The van der Waals surface area contributed by atoms with Crippen molar-refractivity contribution in [2.45, 2.75) is 60.5 Å². The van der Waals surface area contributed by atoms with Gasteiger partial charge < -0.3 is 9.64 Å². The molecule has 2 unspecified atom stereocenters. The Morgan fingerprint density at radius 3 is 2.33 bits per heavy atom. The van der Waals surface area contributed by atoms with E-state index in [1.165, 1.54) is 4.90 Å². The Balaban J connectivity index is 1.96. The van der Waals surface area contributed by atoms with Gasteiger partial charge >= 0.3 is 0 Å². The van der Waals surface area contributed by atoms with Gasteiger partial charge in [0.05, 0.1) is 11.7 Å². The molecule has 3 rings (SSSR count). The topological polar surface area (TPSA) is 49.9 Å². The molecule has 0 radical (unpaired) electrons. The van der Waals surface area contributed by atoms with Gasteiger partial charge in [-0.05, 0) is 63.5 Å². The smallest absolute Gasteiger partial charge is 0.277 e. The molecular formula is C25H36N2O3. The third-order valence-electron chi connectivity index (χ3n) is 5.96. The zero-order valence-corrected chi connectivity index (χ0v) is 19.3. The lowest BCUT2D eigenvalue weighted by Crippen LogP contribution is -2.42. The van der Waals surface area contributed by atoms with Crippen molar-refractivity contribution in [1.82, 2.24) is 9.80 Å². The summed E-state index contributed by atoms with van der Waals surface area (Å²) < 4.78 is 5.61. The largest absolute Gasteiger partial charge is 0.379 e. The summed E-state index contributed by atoms with van der Waals surface area (Å²) >= 11 is 0. The zero-order valence-electron chi connectivity index (χ0n) is 19.3. The number of aryl methyl sites for hydroxylation is 2. The van der Waals surface area contributed by atoms with Crippen LogP contribution in [0.15, 0.2) is 23.9 Å². The number of hydrogen-bond acceptors (Lipinski definition) is 4. The van der Waals surface area contributed by atoms with Gasteiger partial charge in [0.25, 0.3) is 11.8 Å². The second-order valence-corrected chi connectivity index (χ2v) is 9.43. The number of nitrogens with zero attached hydrogens (tertiary/aromatic N) is 2. The Morgan fingerprint density at radius 1 is 1.07 bits per heavy atom. The number of piperidine rings is 1. The van der Waals surface area contributed by atoms with Crippen LogP contribution in [0.3, 0.4) is 0 Å². The quantitative estimate of drug-likeness (QED) is 0.498. The summed E-state index contributed by atoms with van der Waals surface area (Å²) in [6.07, 6.45) is 1.95. The molecule has 2 amide bonds. The number of ether oxygens (including phenoxy) is 1. The van der Waals surface area contributed by atoms with E-state index in [4.69, 9.17) is 4.74 Å². The summed E-state index contributed by atoms with van der Waals surface area (Å²) in [4.78, 5) is 30.6. The number of hydrogen-bond donors (Lipinski definition) is 0. The molecule has 1 saturated heterocycles. The lowest BCUT2D eigenvalue weighted by molar-refractivity contribution is -0.138. The predicted octanol–water partition coefficient (Wildman–Crippen LogP) is 4.18. The SMILES string of the molecule is Cc1ccc(C2=C(N3CC(C)CC(C)C3)C(=O)N(CCCOC(C)C)C2=O)c(C)c1. The average molecular weight is 413 g/mol. The molecule has 1 fully saturated rings. The summed E-state index contributed by atoms with van der Waals surface area (Å²) in [7, 11) is 0. The van der Waals surface area contributed by atoms with E-state index >= 15 is 0 Å². The van der Waals surface area contributed by atoms with Crippen molar-refractivity contribution >= 4 is 17.4 Å². The van der Waals surface area contributed by atoms with E-state index in [1.54, 1.807) is 0 Å². The van der Waals surface area contributed by atoms with Gasteiger partial charge in [-0.25, -0.2) is 0 Å². The van der Waals surface area contributed by atoms with Crippen LogP contribution < -0.4 is 0 Å². The van der Waals surface area contributed by atoms with Crippen molar-refractivity contribution in [3.63, 3.8) is 0 Å². The minimum absolute atomic E-state index is 0.144. The van der Waals surface area contributed by atoms with Crippen LogP contribution in [0.5, 0.6) is 0 Å². The van der Waals surface area contributed by atoms with Gasteiger partial charge in [-0.3, -0.25) is 14.5 Å². The third kappa shape index (κ3) is 4.77. The monoisotopic (exact) mass is 412 g/mol. The van der Waals surface area contributed by atoms with Crippen LogP contribution in [0, 0.1) is 25.7 Å². The van der Waals surface area contributed by atoms with Crippen molar-refractivity contribution in [1.29, 1.82) is 0 Å². The van der Waals surface area contributed by atoms with Crippen LogP contribution in [0.25, 0.3) is 5.57 Å². The minimum atomic E-state index is -0.169. The van der Waals surface area contributed by atoms with E-state index in [2.05, 4.69) is 24.8 Å². The number of imide groups is 1. The molecule has 2 aliphatic heterocycles. The van der Waals surface area contributed by atoms with E-state index < -0.39 is 0 Å². The third-order valence-corrected chi connectivity index (χ3v) is 5.96. The highest BCUT2D eigenvalue weighted by Gasteiger charge is 2.42. The highest BCUT2D eigenvalue weighted by molar-refractivity contribution is 6.35. The Labute approximate surface area is 181 Å². The van der Waals surface area contributed by atoms with E-state index in [1.807, 2.05) is 39.8 Å². The summed E-state index contributed by atoms with van der Waals surface area (Å²) in [5.41, 5.74) is 4.23. The molecular weight excluding hydrogens is 376 g/mol. The zero-order chi connectivity index (χ0) is 22.0. The molecule has 0 saturated carbocycles. The van der Waals surface area contributed by atoms with Crippen LogP contribution in [0.2, 0.25) is 0 Å². The average Bonchev–Trinajstić information content (AvgIpc) is 2.88. The van der Waals surface area contributed by atoms with Crippen molar-refractivity contribution in [2.24, 2.45) is 11.8 Å². The molecule has 1 aromatic rings. The lowest BCUT2D eigenvalue weighted by atomic mass is 9.90. The molecule has 0 aliphatic carbocycles. The first kappa shape index (κ1) is 22.5. The molecule has 0 bridgehead atoms. The highest BCUT2D eigenvalue weighted by Crippen LogP contribution is 2.36. The second-order valence-electron chi connectivity index (χ2n) is 9.43. The Hall–Kier alpha value is -2.14. The van der Waals surface area contributed by atoms with Crippen LogP contribution in [-0.2, 0) is 14.3 Å². The van der Waals surface area contributed by atoms with Crippen molar-refractivity contribution in [3.05, 3.63) is 40.6 Å². The minimum Gasteiger partial charge on any atom is -0.379 e. The first-order valence-corrected chi connectivity index (χ1v) is 11.2. The number of amides is 2. The van der Waals surface area contributed by atoms with Gasteiger partial charge in [0.2, 0.25) is 0 Å².